The SMILES string of the molecule is CCC(CC(C)C(=O)NCCc1ccc(O)c(O)c1)C(=O)[O-].[Li+]. The van der Waals surface area contributed by atoms with E-state index < -0.39 is 17.8 Å². The Labute approximate surface area is 148 Å². The molecule has 0 aliphatic rings. The van der Waals surface area contributed by atoms with Gasteiger partial charge in [0.15, 0.2) is 11.5 Å². The first-order valence-corrected chi connectivity index (χ1v) is 7.34. The largest absolute Gasteiger partial charge is 1.00 e. The van der Waals surface area contributed by atoms with Crippen LogP contribution in [0.3, 0.4) is 0 Å². The predicted octanol–water partition coefficient (Wildman–Crippen LogP) is -2.44. The van der Waals surface area contributed by atoms with Crippen LogP contribution < -0.4 is 29.3 Å². The van der Waals surface area contributed by atoms with E-state index in [-0.39, 0.29) is 42.7 Å². The molecule has 2 unspecified atom stereocenters. The molecule has 0 radical (unpaired) electrons. The zero-order valence-corrected chi connectivity index (χ0v) is 13.8. The van der Waals surface area contributed by atoms with Crippen LogP contribution in [-0.2, 0) is 16.0 Å². The summed E-state index contributed by atoms with van der Waals surface area (Å²) >= 11 is 0. The second kappa shape index (κ2) is 10.2. The fourth-order valence-electron chi connectivity index (χ4n) is 2.19. The standard InChI is InChI=1S/C16H23NO5.Li/c1-3-12(16(21)22)8-10(2)15(20)17-7-6-11-4-5-13(18)14(19)9-11;/h4-5,9-10,12,18-19H,3,6-8H2,1-2H3,(H,17,20)(H,21,22);/q;+1/p-1. The van der Waals surface area contributed by atoms with E-state index in [0.717, 1.165) is 5.56 Å². The fraction of sp³-hybridized carbons (Fsp3) is 0.500. The molecule has 0 aliphatic heterocycles. The van der Waals surface area contributed by atoms with E-state index in [0.29, 0.717) is 19.4 Å². The van der Waals surface area contributed by atoms with Gasteiger partial charge in [-0.05, 0) is 42.9 Å². The summed E-state index contributed by atoms with van der Waals surface area (Å²) in [7, 11) is 0. The molecular formula is C16H22LiNO5. The van der Waals surface area contributed by atoms with Crippen LogP contribution in [0.5, 0.6) is 11.5 Å². The van der Waals surface area contributed by atoms with E-state index in [1.807, 2.05) is 0 Å². The van der Waals surface area contributed by atoms with E-state index in [9.17, 15) is 24.9 Å². The molecule has 3 N–H and O–H groups in total. The Hall–Kier alpha value is -1.64. The number of rotatable bonds is 8. The molecule has 122 valence electrons. The van der Waals surface area contributed by atoms with Gasteiger partial charge in [-0.3, -0.25) is 4.79 Å². The summed E-state index contributed by atoms with van der Waals surface area (Å²) < 4.78 is 0. The van der Waals surface area contributed by atoms with Crippen LogP contribution in [0, 0.1) is 11.8 Å². The Morgan fingerprint density at radius 3 is 2.43 bits per heavy atom. The van der Waals surface area contributed by atoms with Crippen molar-refractivity contribution in [2.75, 3.05) is 6.54 Å². The van der Waals surface area contributed by atoms with E-state index in [2.05, 4.69) is 5.32 Å². The van der Waals surface area contributed by atoms with Crippen LogP contribution in [-0.4, -0.2) is 28.6 Å². The smallest absolute Gasteiger partial charge is 0.550 e. The van der Waals surface area contributed by atoms with Gasteiger partial charge in [0.25, 0.3) is 0 Å². The van der Waals surface area contributed by atoms with Gasteiger partial charge in [0.2, 0.25) is 5.91 Å². The van der Waals surface area contributed by atoms with Gasteiger partial charge >= 0.3 is 18.9 Å². The van der Waals surface area contributed by atoms with Crippen LogP contribution >= 0.6 is 0 Å². The second-order valence-corrected chi connectivity index (χ2v) is 5.43. The van der Waals surface area contributed by atoms with Crippen molar-refractivity contribution in [3.8, 4) is 11.5 Å². The first kappa shape index (κ1) is 21.4. The summed E-state index contributed by atoms with van der Waals surface area (Å²) in [6, 6.07) is 4.49. The third kappa shape index (κ3) is 6.98. The predicted molar refractivity (Wildman–Crippen MR) is 79.1 cm³/mol. The maximum atomic E-state index is 11.9. The monoisotopic (exact) mass is 315 g/mol. The minimum atomic E-state index is -1.12. The number of amides is 1. The van der Waals surface area contributed by atoms with E-state index in [1.165, 1.54) is 12.1 Å². The summed E-state index contributed by atoms with van der Waals surface area (Å²) in [4.78, 5) is 22.8. The number of phenolic OH excluding ortho intramolecular Hbond substituents is 2. The summed E-state index contributed by atoms with van der Waals surface area (Å²) in [5.74, 6) is -2.73. The van der Waals surface area contributed by atoms with Crippen LogP contribution in [0.1, 0.15) is 32.3 Å². The Bertz CT molecular complexity index is 535. The normalized spacial score (nSPS) is 12.8. The number of carboxylic acid groups (broad SMARTS) is 1. The van der Waals surface area contributed by atoms with Gasteiger partial charge < -0.3 is 25.4 Å². The molecule has 1 amide bonds. The number of hydrogen-bond donors (Lipinski definition) is 3. The van der Waals surface area contributed by atoms with Crippen molar-refractivity contribution >= 4 is 11.9 Å². The van der Waals surface area contributed by atoms with Gasteiger partial charge in [-0.15, -0.1) is 0 Å². The van der Waals surface area contributed by atoms with Crippen molar-refractivity contribution in [2.45, 2.75) is 33.1 Å². The molecule has 7 heteroatoms. The molecule has 0 spiro atoms. The Balaban J connectivity index is 0.00000484. The minimum absolute atomic E-state index is 0. The van der Waals surface area contributed by atoms with Gasteiger partial charge in [0.1, 0.15) is 0 Å². The molecule has 1 aromatic rings. The Morgan fingerprint density at radius 2 is 1.91 bits per heavy atom. The summed E-state index contributed by atoms with van der Waals surface area (Å²) in [5.41, 5.74) is 0.782. The van der Waals surface area contributed by atoms with E-state index in [1.54, 1.807) is 19.9 Å². The molecule has 23 heavy (non-hydrogen) atoms. The summed E-state index contributed by atoms with van der Waals surface area (Å²) in [6.45, 7) is 3.81. The summed E-state index contributed by atoms with van der Waals surface area (Å²) in [6.07, 6.45) is 1.20. The minimum Gasteiger partial charge on any atom is -0.550 e. The zero-order chi connectivity index (χ0) is 16.7. The number of carboxylic acids is 1. The number of carbonyl (C=O) groups excluding carboxylic acids is 2. The molecule has 2 atom stereocenters. The van der Waals surface area contributed by atoms with Crippen molar-refractivity contribution in [3.63, 3.8) is 0 Å². The summed E-state index contributed by atoms with van der Waals surface area (Å²) in [5, 5.41) is 32.2. The molecule has 0 bridgehead atoms. The number of carbonyl (C=O) groups is 2. The van der Waals surface area contributed by atoms with Gasteiger partial charge in [-0.1, -0.05) is 19.9 Å². The second-order valence-electron chi connectivity index (χ2n) is 5.43. The topological polar surface area (TPSA) is 110 Å². The first-order chi connectivity index (χ1) is 10.3. The van der Waals surface area contributed by atoms with Crippen LogP contribution in [0.25, 0.3) is 0 Å². The molecule has 0 saturated carbocycles. The van der Waals surface area contributed by atoms with Gasteiger partial charge in [0, 0.05) is 18.4 Å². The van der Waals surface area contributed by atoms with Gasteiger partial charge in [0.05, 0.1) is 0 Å². The quantitative estimate of drug-likeness (QED) is 0.365. The molecule has 0 aliphatic carbocycles. The van der Waals surface area contributed by atoms with Crippen LogP contribution in [0.15, 0.2) is 18.2 Å². The fourth-order valence-corrected chi connectivity index (χ4v) is 2.19. The average Bonchev–Trinajstić information content (AvgIpc) is 2.47. The maximum Gasteiger partial charge on any atom is 1.00 e. The van der Waals surface area contributed by atoms with Gasteiger partial charge in [-0.2, -0.15) is 0 Å². The van der Waals surface area contributed by atoms with Crippen molar-refractivity contribution in [3.05, 3.63) is 23.8 Å². The third-order valence-corrected chi connectivity index (χ3v) is 3.66. The van der Waals surface area contributed by atoms with Crippen LogP contribution in [0.2, 0.25) is 0 Å². The van der Waals surface area contributed by atoms with Crippen molar-refractivity contribution < 1.29 is 43.8 Å². The van der Waals surface area contributed by atoms with Crippen molar-refractivity contribution in [1.82, 2.24) is 5.32 Å². The number of hydrogen-bond acceptors (Lipinski definition) is 5. The maximum absolute atomic E-state index is 11.9. The van der Waals surface area contributed by atoms with Gasteiger partial charge in [-0.25, -0.2) is 0 Å². The molecule has 6 nitrogen and oxygen atoms in total. The molecule has 0 aromatic heterocycles. The number of benzene rings is 1. The van der Waals surface area contributed by atoms with E-state index in [4.69, 9.17) is 0 Å². The average molecular weight is 315 g/mol. The Morgan fingerprint density at radius 1 is 1.26 bits per heavy atom. The molecule has 0 fully saturated rings. The molecular weight excluding hydrogens is 293 g/mol. The molecule has 1 rings (SSSR count). The van der Waals surface area contributed by atoms with Crippen molar-refractivity contribution in [2.24, 2.45) is 11.8 Å². The first-order valence-electron chi connectivity index (χ1n) is 7.34. The molecule has 0 heterocycles. The van der Waals surface area contributed by atoms with Crippen molar-refractivity contribution in [1.29, 1.82) is 0 Å². The number of phenols is 2. The molecule has 1 aromatic carbocycles. The van der Waals surface area contributed by atoms with E-state index >= 15 is 0 Å². The Kier molecular flexibility index (Phi) is 9.46. The zero-order valence-electron chi connectivity index (χ0n) is 13.8. The van der Waals surface area contributed by atoms with Crippen LogP contribution in [0.4, 0.5) is 0 Å². The number of aliphatic carboxylic acids is 1. The number of aromatic hydroxyl groups is 2. The molecule has 0 saturated heterocycles. The third-order valence-electron chi connectivity index (χ3n) is 3.66. The number of nitrogens with one attached hydrogen (secondary N) is 1.